The Balaban J connectivity index is 2.23. The molecule has 1 nitrogen and oxygen atoms in total. The molecule has 2 rings (SSSR count). The highest BCUT2D eigenvalue weighted by atomic mass is 79.9. The van der Waals surface area contributed by atoms with Gasteiger partial charge in [-0.1, -0.05) is 24.3 Å². The molecule has 0 aromatic heterocycles. The zero-order valence-corrected chi connectivity index (χ0v) is 10.5. The first-order valence-corrected chi connectivity index (χ1v) is 6.26. The van der Waals surface area contributed by atoms with Crippen LogP contribution in [0.15, 0.2) is 34.8 Å². The second-order valence-corrected chi connectivity index (χ2v) is 4.99. The molecule has 2 atom stereocenters. The molecule has 1 aromatic rings. The van der Waals surface area contributed by atoms with Crippen LogP contribution in [0.4, 0.5) is 4.39 Å². The normalized spacial score (nSPS) is 22.1. The van der Waals surface area contributed by atoms with E-state index in [9.17, 15) is 9.50 Å². The number of allylic oxidation sites excluding steroid dienone is 2. The van der Waals surface area contributed by atoms with Crippen molar-refractivity contribution < 1.29 is 9.50 Å². The van der Waals surface area contributed by atoms with Crippen molar-refractivity contribution in [1.82, 2.24) is 0 Å². The van der Waals surface area contributed by atoms with E-state index in [2.05, 4.69) is 28.1 Å². The minimum Gasteiger partial charge on any atom is -0.388 e. The standard InChI is InChI=1S/C13H14BrFO/c14-11-8-4-7-10(12(11)15)13(16)9-5-2-1-3-6-9/h1-2,4,7-9,13,16H,3,5-6H2. The van der Waals surface area contributed by atoms with Crippen molar-refractivity contribution in [1.29, 1.82) is 0 Å². The van der Waals surface area contributed by atoms with Gasteiger partial charge in [-0.3, -0.25) is 0 Å². The van der Waals surface area contributed by atoms with Gasteiger partial charge >= 0.3 is 0 Å². The van der Waals surface area contributed by atoms with Gasteiger partial charge in [-0.2, -0.15) is 0 Å². The molecule has 0 radical (unpaired) electrons. The minimum atomic E-state index is -0.706. The van der Waals surface area contributed by atoms with Crippen LogP contribution in [-0.4, -0.2) is 5.11 Å². The summed E-state index contributed by atoms with van der Waals surface area (Å²) in [6.45, 7) is 0. The molecule has 2 unspecified atom stereocenters. The fraction of sp³-hybridized carbons (Fsp3) is 0.385. The lowest BCUT2D eigenvalue weighted by Gasteiger charge is -2.24. The van der Waals surface area contributed by atoms with Crippen molar-refractivity contribution in [2.45, 2.75) is 25.4 Å². The maximum absolute atomic E-state index is 13.8. The highest BCUT2D eigenvalue weighted by Crippen LogP contribution is 2.34. The molecule has 0 bridgehead atoms. The molecule has 86 valence electrons. The molecule has 0 aliphatic heterocycles. The van der Waals surface area contributed by atoms with Gasteiger partial charge in [-0.25, -0.2) is 4.39 Å². The number of aliphatic hydroxyl groups excluding tert-OH is 1. The highest BCUT2D eigenvalue weighted by Gasteiger charge is 2.24. The van der Waals surface area contributed by atoms with E-state index in [-0.39, 0.29) is 11.7 Å². The van der Waals surface area contributed by atoms with E-state index in [0.717, 1.165) is 19.3 Å². The summed E-state index contributed by atoms with van der Waals surface area (Å²) in [6.07, 6.45) is 6.18. The topological polar surface area (TPSA) is 20.2 Å². The summed E-state index contributed by atoms with van der Waals surface area (Å²) in [5.41, 5.74) is 0.398. The summed E-state index contributed by atoms with van der Waals surface area (Å²) in [5, 5.41) is 10.2. The fourth-order valence-electron chi connectivity index (χ4n) is 2.11. The molecular weight excluding hydrogens is 271 g/mol. The summed E-state index contributed by atoms with van der Waals surface area (Å²) in [4.78, 5) is 0. The fourth-order valence-corrected chi connectivity index (χ4v) is 2.49. The first-order valence-electron chi connectivity index (χ1n) is 5.47. The summed E-state index contributed by atoms with van der Waals surface area (Å²) >= 11 is 3.14. The quantitative estimate of drug-likeness (QED) is 0.815. The average molecular weight is 285 g/mol. The Morgan fingerprint density at radius 3 is 2.88 bits per heavy atom. The van der Waals surface area contributed by atoms with Crippen molar-refractivity contribution in [3.05, 3.63) is 46.2 Å². The third-order valence-corrected chi connectivity index (χ3v) is 3.67. The predicted molar refractivity (Wildman–Crippen MR) is 65.5 cm³/mol. The number of aliphatic hydroxyl groups is 1. The van der Waals surface area contributed by atoms with Crippen LogP contribution in [0.1, 0.15) is 30.9 Å². The summed E-state index contributed by atoms with van der Waals surface area (Å²) in [7, 11) is 0. The molecule has 3 heteroatoms. The average Bonchev–Trinajstić information content (AvgIpc) is 2.33. The SMILES string of the molecule is OC(c1cccc(Br)c1F)C1CC=CCC1. The second kappa shape index (κ2) is 5.11. The lowest BCUT2D eigenvalue weighted by molar-refractivity contribution is 0.0987. The van der Waals surface area contributed by atoms with Gasteiger partial charge in [-0.05, 0) is 47.2 Å². The molecule has 0 saturated heterocycles. The van der Waals surface area contributed by atoms with Crippen LogP contribution in [0, 0.1) is 11.7 Å². The van der Waals surface area contributed by atoms with Gasteiger partial charge in [0.2, 0.25) is 0 Å². The molecule has 1 aliphatic rings. The lowest BCUT2D eigenvalue weighted by atomic mass is 9.86. The van der Waals surface area contributed by atoms with Crippen LogP contribution in [0.2, 0.25) is 0 Å². The number of rotatable bonds is 2. The summed E-state index contributed by atoms with van der Waals surface area (Å²) in [5.74, 6) is -0.210. The van der Waals surface area contributed by atoms with E-state index in [0.29, 0.717) is 10.0 Å². The first-order chi connectivity index (χ1) is 7.70. The van der Waals surface area contributed by atoms with Gasteiger partial charge in [0.1, 0.15) is 5.82 Å². The Hall–Kier alpha value is -0.670. The summed E-state index contributed by atoms with van der Waals surface area (Å²) in [6, 6.07) is 5.06. The number of hydrogen-bond acceptors (Lipinski definition) is 1. The van der Waals surface area contributed by atoms with Gasteiger partial charge in [0.25, 0.3) is 0 Å². The smallest absolute Gasteiger partial charge is 0.143 e. The third-order valence-electron chi connectivity index (χ3n) is 3.06. The zero-order chi connectivity index (χ0) is 11.5. The monoisotopic (exact) mass is 284 g/mol. The number of benzene rings is 1. The molecule has 1 aromatic carbocycles. The molecular formula is C13H14BrFO. The van der Waals surface area contributed by atoms with Gasteiger partial charge < -0.3 is 5.11 Å². The van der Waals surface area contributed by atoms with Crippen molar-refractivity contribution in [2.24, 2.45) is 5.92 Å². The maximum atomic E-state index is 13.8. The molecule has 0 saturated carbocycles. The Kier molecular flexibility index (Phi) is 3.77. The Labute approximate surface area is 103 Å². The summed E-state index contributed by atoms with van der Waals surface area (Å²) < 4.78 is 14.2. The van der Waals surface area contributed by atoms with E-state index in [1.807, 2.05) is 0 Å². The molecule has 1 aliphatic carbocycles. The van der Waals surface area contributed by atoms with E-state index in [1.54, 1.807) is 18.2 Å². The molecule has 0 amide bonds. The van der Waals surface area contributed by atoms with Crippen molar-refractivity contribution in [3.63, 3.8) is 0 Å². The molecule has 16 heavy (non-hydrogen) atoms. The van der Waals surface area contributed by atoms with Crippen LogP contribution in [0.3, 0.4) is 0 Å². The van der Waals surface area contributed by atoms with Gasteiger partial charge in [0.05, 0.1) is 10.6 Å². The zero-order valence-electron chi connectivity index (χ0n) is 8.87. The van der Waals surface area contributed by atoms with Crippen LogP contribution >= 0.6 is 15.9 Å². The number of halogens is 2. The van der Waals surface area contributed by atoms with Crippen molar-refractivity contribution >= 4 is 15.9 Å². The highest BCUT2D eigenvalue weighted by molar-refractivity contribution is 9.10. The Morgan fingerprint density at radius 1 is 1.38 bits per heavy atom. The van der Waals surface area contributed by atoms with Crippen LogP contribution in [-0.2, 0) is 0 Å². The van der Waals surface area contributed by atoms with Gasteiger partial charge in [0.15, 0.2) is 0 Å². The molecule has 1 N–H and O–H groups in total. The predicted octanol–water partition coefficient (Wildman–Crippen LogP) is 3.98. The number of hydrogen-bond donors (Lipinski definition) is 1. The Bertz CT molecular complexity index is 403. The third kappa shape index (κ3) is 2.36. The molecule has 0 fully saturated rings. The van der Waals surface area contributed by atoms with Gasteiger partial charge in [0, 0.05) is 5.56 Å². The minimum absolute atomic E-state index is 0.133. The Morgan fingerprint density at radius 2 is 2.19 bits per heavy atom. The maximum Gasteiger partial charge on any atom is 0.143 e. The van der Waals surface area contributed by atoms with E-state index in [4.69, 9.17) is 0 Å². The van der Waals surface area contributed by atoms with Gasteiger partial charge in [-0.15, -0.1) is 0 Å². The van der Waals surface area contributed by atoms with E-state index < -0.39 is 6.10 Å². The van der Waals surface area contributed by atoms with E-state index in [1.165, 1.54) is 0 Å². The first kappa shape index (κ1) is 11.8. The second-order valence-electron chi connectivity index (χ2n) is 4.13. The molecule has 0 heterocycles. The van der Waals surface area contributed by atoms with Crippen molar-refractivity contribution in [2.75, 3.05) is 0 Å². The van der Waals surface area contributed by atoms with Crippen LogP contribution < -0.4 is 0 Å². The van der Waals surface area contributed by atoms with Crippen molar-refractivity contribution in [3.8, 4) is 0 Å². The van der Waals surface area contributed by atoms with Crippen LogP contribution in [0.25, 0.3) is 0 Å². The lowest BCUT2D eigenvalue weighted by Crippen LogP contribution is -2.15. The molecule has 0 spiro atoms. The largest absolute Gasteiger partial charge is 0.388 e. The van der Waals surface area contributed by atoms with Crippen LogP contribution in [0.5, 0.6) is 0 Å². The van der Waals surface area contributed by atoms with E-state index >= 15 is 0 Å².